The van der Waals surface area contributed by atoms with Crippen LogP contribution in [-0.4, -0.2) is 16.9 Å². The molecule has 0 aliphatic rings. The van der Waals surface area contributed by atoms with E-state index in [0.717, 1.165) is 29.6 Å². The Bertz CT molecular complexity index is 695. The minimum absolute atomic E-state index is 0.849. The lowest BCUT2D eigenvalue weighted by molar-refractivity contribution is 0.316. The Morgan fingerprint density at radius 2 is 1.64 bits per heavy atom. The van der Waals surface area contributed by atoms with Crippen LogP contribution in [0.15, 0.2) is 66.0 Å². The summed E-state index contributed by atoms with van der Waals surface area (Å²) in [5, 5.41) is 6.39. The molecule has 3 rings (SSSR count). The lowest BCUT2D eigenvalue weighted by atomic mass is 10.2. The normalized spacial score (nSPS) is 10.8. The van der Waals surface area contributed by atoms with Gasteiger partial charge >= 0.3 is 0 Å². The Morgan fingerprint density at radius 3 is 2.36 bits per heavy atom. The SMILES string of the molecule is CN(Cc1ccccc1)Cc1csc(Nc2ccccc2)n1. The summed E-state index contributed by atoms with van der Waals surface area (Å²) < 4.78 is 0. The number of hydrogen-bond donors (Lipinski definition) is 1. The molecule has 0 spiro atoms. The first-order chi connectivity index (χ1) is 10.8. The van der Waals surface area contributed by atoms with Crippen LogP contribution in [0.5, 0.6) is 0 Å². The second-order valence-electron chi connectivity index (χ2n) is 5.29. The van der Waals surface area contributed by atoms with E-state index in [1.165, 1.54) is 5.56 Å². The zero-order chi connectivity index (χ0) is 15.2. The van der Waals surface area contributed by atoms with Gasteiger partial charge < -0.3 is 5.32 Å². The van der Waals surface area contributed by atoms with Gasteiger partial charge in [0.2, 0.25) is 0 Å². The quantitative estimate of drug-likeness (QED) is 0.725. The summed E-state index contributed by atoms with van der Waals surface area (Å²) in [4.78, 5) is 6.93. The number of benzene rings is 2. The highest BCUT2D eigenvalue weighted by molar-refractivity contribution is 7.13. The number of thiazole rings is 1. The van der Waals surface area contributed by atoms with Gasteiger partial charge in [0.25, 0.3) is 0 Å². The minimum atomic E-state index is 0.849. The summed E-state index contributed by atoms with van der Waals surface area (Å²) >= 11 is 1.64. The lowest BCUT2D eigenvalue weighted by Crippen LogP contribution is -2.17. The van der Waals surface area contributed by atoms with Crippen LogP contribution < -0.4 is 5.32 Å². The Labute approximate surface area is 135 Å². The highest BCUT2D eigenvalue weighted by Gasteiger charge is 2.06. The Hall–Kier alpha value is -2.17. The van der Waals surface area contributed by atoms with E-state index in [-0.39, 0.29) is 0 Å². The van der Waals surface area contributed by atoms with Gasteiger partial charge in [-0.25, -0.2) is 4.98 Å². The topological polar surface area (TPSA) is 28.2 Å². The molecule has 1 N–H and O–H groups in total. The zero-order valence-corrected chi connectivity index (χ0v) is 13.4. The van der Waals surface area contributed by atoms with Crippen LogP contribution in [0.1, 0.15) is 11.3 Å². The second-order valence-corrected chi connectivity index (χ2v) is 6.15. The van der Waals surface area contributed by atoms with E-state index >= 15 is 0 Å². The Morgan fingerprint density at radius 1 is 0.955 bits per heavy atom. The first-order valence-corrected chi connectivity index (χ1v) is 8.16. The van der Waals surface area contributed by atoms with Gasteiger partial charge in [-0.2, -0.15) is 0 Å². The van der Waals surface area contributed by atoms with Crippen LogP contribution in [0, 0.1) is 0 Å². The number of aromatic nitrogens is 1. The van der Waals surface area contributed by atoms with Crippen LogP contribution in [-0.2, 0) is 13.1 Å². The van der Waals surface area contributed by atoms with Crippen molar-refractivity contribution in [3.63, 3.8) is 0 Å². The molecule has 1 aromatic heterocycles. The molecule has 0 saturated heterocycles. The van der Waals surface area contributed by atoms with E-state index in [1.807, 2.05) is 36.4 Å². The van der Waals surface area contributed by atoms with Crippen LogP contribution in [0.4, 0.5) is 10.8 Å². The maximum absolute atomic E-state index is 4.65. The number of nitrogens with zero attached hydrogens (tertiary/aromatic N) is 2. The summed E-state index contributed by atoms with van der Waals surface area (Å²) in [6.45, 7) is 1.78. The average molecular weight is 309 g/mol. The highest BCUT2D eigenvalue weighted by atomic mass is 32.1. The summed E-state index contributed by atoms with van der Waals surface area (Å²) in [6.07, 6.45) is 0. The maximum Gasteiger partial charge on any atom is 0.187 e. The molecular weight excluding hydrogens is 290 g/mol. The lowest BCUT2D eigenvalue weighted by Gasteiger charge is -2.15. The van der Waals surface area contributed by atoms with E-state index < -0.39 is 0 Å². The van der Waals surface area contributed by atoms with Crippen LogP contribution in [0.3, 0.4) is 0 Å². The summed E-state index contributed by atoms with van der Waals surface area (Å²) in [6, 6.07) is 20.6. The van der Waals surface area contributed by atoms with Crippen LogP contribution in [0.2, 0.25) is 0 Å². The van der Waals surface area contributed by atoms with E-state index in [2.05, 4.69) is 51.9 Å². The van der Waals surface area contributed by atoms with E-state index in [9.17, 15) is 0 Å². The fourth-order valence-electron chi connectivity index (χ4n) is 2.31. The molecule has 0 unspecified atom stereocenters. The largest absolute Gasteiger partial charge is 0.332 e. The molecule has 0 radical (unpaired) electrons. The van der Waals surface area contributed by atoms with Crippen molar-refractivity contribution >= 4 is 22.2 Å². The predicted octanol–water partition coefficient (Wildman–Crippen LogP) is 4.52. The van der Waals surface area contributed by atoms with Crippen molar-refractivity contribution in [2.24, 2.45) is 0 Å². The van der Waals surface area contributed by atoms with Crippen molar-refractivity contribution < 1.29 is 0 Å². The average Bonchev–Trinajstić information content (AvgIpc) is 2.96. The molecule has 22 heavy (non-hydrogen) atoms. The molecular formula is C18H19N3S. The van der Waals surface area contributed by atoms with Crippen molar-refractivity contribution in [2.45, 2.75) is 13.1 Å². The third kappa shape index (κ3) is 4.16. The van der Waals surface area contributed by atoms with Crippen molar-refractivity contribution in [1.82, 2.24) is 9.88 Å². The molecule has 112 valence electrons. The summed E-state index contributed by atoms with van der Waals surface area (Å²) in [5.74, 6) is 0. The number of hydrogen-bond acceptors (Lipinski definition) is 4. The Balaban J connectivity index is 1.57. The first-order valence-electron chi connectivity index (χ1n) is 7.28. The number of anilines is 2. The van der Waals surface area contributed by atoms with Crippen molar-refractivity contribution in [3.8, 4) is 0 Å². The fraction of sp³-hybridized carbons (Fsp3) is 0.167. The van der Waals surface area contributed by atoms with Gasteiger partial charge in [-0.15, -0.1) is 11.3 Å². The minimum Gasteiger partial charge on any atom is -0.332 e. The fourth-order valence-corrected chi connectivity index (χ4v) is 3.03. The molecule has 2 aromatic carbocycles. The maximum atomic E-state index is 4.65. The molecule has 0 bridgehead atoms. The van der Waals surface area contributed by atoms with Gasteiger partial charge in [0.05, 0.1) is 5.69 Å². The molecule has 0 atom stereocenters. The van der Waals surface area contributed by atoms with Crippen molar-refractivity contribution in [3.05, 3.63) is 77.3 Å². The third-order valence-electron chi connectivity index (χ3n) is 3.30. The molecule has 0 amide bonds. The second kappa shape index (κ2) is 7.20. The predicted molar refractivity (Wildman–Crippen MR) is 93.5 cm³/mol. The zero-order valence-electron chi connectivity index (χ0n) is 12.6. The monoisotopic (exact) mass is 309 g/mol. The summed E-state index contributed by atoms with van der Waals surface area (Å²) in [5.41, 5.74) is 3.49. The Kier molecular flexibility index (Phi) is 4.83. The third-order valence-corrected chi connectivity index (χ3v) is 4.11. The molecule has 3 aromatic rings. The first kappa shape index (κ1) is 14.8. The van der Waals surface area contributed by atoms with E-state index in [4.69, 9.17) is 0 Å². The van der Waals surface area contributed by atoms with Gasteiger partial charge in [0, 0.05) is 24.2 Å². The van der Waals surface area contributed by atoms with E-state index in [1.54, 1.807) is 11.3 Å². The highest BCUT2D eigenvalue weighted by Crippen LogP contribution is 2.21. The van der Waals surface area contributed by atoms with Gasteiger partial charge in [0.15, 0.2) is 5.13 Å². The van der Waals surface area contributed by atoms with Crippen molar-refractivity contribution in [1.29, 1.82) is 0 Å². The van der Waals surface area contributed by atoms with Crippen molar-refractivity contribution in [2.75, 3.05) is 12.4 Å². The van der Waals surface area contributed by atoms with Gasteiger partial charge in [-0.1, -0.05) is 48.5 Å². The number of para-hydroxylation sites is 1. The standard InChI is InChI=1S/C18H19N3S/c1-21(12-15-8-4-2-5-9-15)13-17-14-22-18(20-17)19-16-10-6-3-7-11-16/h2-11,14H,12-13H2,1H3,(H,19,20). The molecule has 0 saturated carbocycles. The van der Waals surface area contributed by atoms with Gasteiger partial charge in [0.1, 0.15) is 0 Å². The molecule has 4 heteroatoms. The molecule has 0 fully saturated rings. The van der Waals surface area contributed by atoms with Crippen LogP contribution >= 0.6 is 11.3 Å². The van der Waals surface area contributed by atoms with Gasteiger partial charge in [-0.3, -0.25) is 4.90 Å². The number of rotatable bonds is 6. The molecule has 0 aliphatic carbocycles. The van der Waals surface area contributed by atoms with E-state index in [0.29, 0.717) is 0 Å². The van der Waals surface area contributed by atoms with Gasteiger partial charge in [-0.05, 0) is 24.7 Å². The molecule has 1 heterocycles. The van der Waals surface area contributed by atoms with Crippen LogP contribution in [0.25, 0.3) is 0 Å². The molecule has 3 nitrogen and oxygen atoms in total. The summed E-state index contributed by atoms with van der Waals surface area (Å²) in [7, 11) is 2.12. The molecule has 0 aliphatic heterocycles. The number of nitrogens with one attached hydrogen (secondary N) is 1. The smallest absolute Gasteiger partial charge is 0.187 e.